The predicted octanol–water partition coefficient (Wildman–Crippen LogP) is 3.49. The van der Waals surface area contributed by atoms with Crippen LogP contribution < -0.4 is 5.32 Å². The maximum absolute atomic E-state index is 6.25. The lowest BCUT2D eigenvalue weighted by molar-refractivity contribution is 0.499. The molecule has 0 fully saturated rings. The lowest BCUT2D eigenvalue weighted by Gasteiger charge is -2.14. The minimum atomic E-state index is 0.446. The molecule has 0 aliphatic carbocycles. The topological polar surface area (TPSA) is 29.9 Å². The van der Waals surface area contributed by atoms with E-state index in [-0.39, 0.29) is 0 Å². The number of aryl methyl sites for hydroxylation is 3. The summed E-state index contributed by atoms with van der Waals surface area (Å²) < 4.78 is 1.86. The molecule has 1 N–H and O–H groups in total. The van der Waals surface area contributed by atoms with Crippen molar-refractivity contribution in [3.8, 4) is 0 Å². The van der Waals surface area contributed by atoms with Crippen LogP contribution in [0.5, 0.6) is 0 Å². The molecule has 2 rings (SSSR count). The molecule has 0 spiro atoms. The molecule has 108 valence electrons. The molecular formula is C16H22ClN3. The minimum Gasteiger partial charge on any atom is -0.309 e. The van der Waals surface area contributed by atoms with E-state index in [1.165, 1.54) is 5.56 Å². The number of nitrogens with one attached hydrogen (secondary N) is 1. The van der Waals surface area contributed by atoms with E-state index in [0.29, 0.717) is 6.04 Å². The molecule has 1 aromatic carbocycles. The van der Waals surface area contributed by atoms with Crippen molar-refractivity contribution in [1.82, 2.24) is 15.1 Å². The maximum Gasteiger partial charge on any atom is 0.0860 e. The number of rotatable bonds is 6. The first-order chi connectivity index (χ1) is 9.58. The van der Waals surface area contributed by atoms with Crippen molar-refractivity contribution in [2.24, 2.45) is 7.05 Å². The highest BCUT2D eigenvalue weighted by Crippen LogP contribution is 2.19. The Labute approximate surface area is 126 Å². The summed E-state index contributed by atoms with van der Waals surface area (Å²) >= 11 is 6.25. The van der Waals surface area contributed by atoms with Crippen LogP contribution in [0.3, 0.4) is 0 Å². The summed E-state index contributed by atoms with van der Waals surface area (Å²) in [5.41, 5.74) is 3.33. The standard InChI is InChI=1S/C16H22ClN3/c1-12(9-10-14-7-5-4-6-8-14)18-11-15-16(17)13(2)19-20(15)3/h4-8,12,18H,9-11H2,1-3H3. The molecule has 20 heavy (non-hydrogen) atoms. The zero-order valence-corrected chi connectivity index (χ0v) is 13.1. The summed E-state index contributed by atoms with van der Waals surface area (Å²) in [7, 11) is 1.94. The van der Waals surface area contributed by atoms with Crippen LogP contribution >= 0.6 is 11.6 Å². The molecule has 0 radical (unpaired) electrons. The first-order valence-electron chi connectivity index (χ1n) is 7.03. The van der Waals surface area contributed by atoms with Gasteiger partial charge in [-0.25, -0.2) is 0 Å². The van der Waals surface area contributed by atoms with E-state index >= 15 is 0 Å². The van der Waals surface area contributed by atoms with Gasteiger partial charge in [0.1, 0.15) is 0 Å². The molecule has 1 atom stereocenters. The number of halogens is 1. The van der Waals surface area contributed by atoms with E-state index < -0.39 is 0 Å². The largest absolute Gasteiger partial charge is 0.309 e. The van der Waals surface area contributed by atoms with Crippen LogP contribution in [0.4, 0.5) is 0 Å². The Hall–Kier alpha value is -1.32. The molecule has 0 amide bonds. The Morgan fingerprint density at radius 1 is 1.30 bits per heavy atom. The SMILES string of the molecule is Cc1nn(C)c(CNC(C)CCc2ccccc2)c1Cl. The molecule has 0 saturated heterocycles. The Bertz CT molecular complexity index is 548. The van der Waals surface area contributed by atoms with E-state index in [1.807, 2.05) is 18.7 Å². The molecular weight excluding hydrogens is 270 g/mol. The fourth-order valence-corrected chi connectivity index (χ4v) is 2.50. The van der Waals surface area contributed by atoms with Crippen molar-refractivity contribution < 1.29 is 0 Å². The Morgan fingerprint density at radius 2 is 2.00 bits per heavy atom. The third-order valence-electron chi connectivity index (χ3n) is 3.59. The lowest BCUT2D eigenvalue weighted by Crippen LogP contribution is -2.27. The van der Waals surface area contributed by atoms with Crippen LogP contribution in [0.15, 0.2) is 30.3 Å². The van der Waals surface area contributed by atoms with Gasteiger partial charge in [-0.15, -0.1) is 0 Å². The van der Waals surface area contributed by atoms with Crippen LogP contribution in [-0.2, 0) is 20.0 Å². The number of benzene rings is 1. The van der Waals surface area contributed by atoms with Gasteiger partial charge < -0.3 is 5.32 Å². The third kappa shape index (κ3) is 3.84. The molecule has 3 nitrogen and oxygen atoms in total. The molecule has 0 aliphatic heterocycles. The van der Waals surface area contributed by atoms with E-state index in [9.17, 15) is 0 Å². The van der Waals surface area contributed by atoms with Gasteiger partial charge in [-0.05, 0) is 32.3 Å². The van der Waals surface area contributed by atoms with Gasteiger partial charge in [-0.2, -0.15) is 5.10 Å². The average Bonchev–Trinajstić information content (AvgIpc) is 2.69. The van der Waals surface area contributed by atoms with Crippen LogP contribution in [0.2, 0.25) is 5.02 Å². The smallest absolute Gasteiger partial charge is 0.0860 e. The van der Waals surface area contributed by atoms with E-state index in [2.05, 4.69) is 47.7 Å². The molecule has 4 heteroatoms. The number of nitrogens with zero attached hydrogens (tertiary/aromatic N) is 2. The van der Waals surface area contributed by atoms with Crippen molar-refractivity contribution in [2.75, 3.05) is 0 Å². The predicted molar refractivity (Wildman–Crippen MR) is 84.0 cm³/mol. The van der Waals surface area contributed by atoms with Crippen molar-refractivity contribution >= 4 is 11.6 Å². The summed E-state index contributed by atoms with van der Waals surface area (Å²) in [4.78, 5) is 0. The van der Waals surface area contributed by atoms with E-state index in [0.717, 1.165) is 35.8 Å². The van der Waals surface area contributed by atoms with Crippen LogP contribution in [0.1, 0.15) is 30.3 Å². The number of hydrogen-bond acceptors (Lipinski definition) is 2. The van der Waals surface area contributed by atoms with E-state index in [1.54, 1.807) is 0 Å². The van der Waals surface area contributed by atoms with Gasteiger partial charge >= 0.3 is 0 Å². The molecule has 1 unspecified atom stereocenters. The second-order valence-electron chi connectivity index (χ2n) is 5.28. The Morgan fingerprint density at radius 3 is 2.60 bits per heavy atom. The van der Waals surface area contributed by atoms with Gasteiger partial charge in [0.15, 0.2) is 0 Å². The first kappa shape index (κ1) is 15.1. The number of hydrogen-bond donors (Lipinski definition) is 1. The van der Waals surface area contributed by atoms with Crippen LogP contribution in [0, 0.1) is 6.92 Å². The Kier molecular flexibility index (Phi) is 5.21. The molecule has 1 aromatic heterocycles. The molecule has 0 bridgehead atoms. The zero-order valence-electron chi connectivity index (χ0n) is 12.4. The highest BCUT2D eigenvalue weighted by molar-refractivity contribution is 6.31. The van der Waals surface area contributed by atoms with Crippen molar-refractivity contribution in [1.29, 1.82) is 0 Å². The second-order valence-corrected chi connectivity index (χ2v) is 5.65. The maximum atomic E-state index is 6.25. The van der Waals surface area contributed by atoms with E-state index in [4.69, 9.17) is 11.6 Å². The number of aromatic nitrogens is 2. The summed E-state index contributed by atoms with van der Waals surface area (Å²) in [5, 5.41) is 8.62. The van der Waals surface area contributed by atoms with Gasteiger partial charge in [0.2, 0.25) is 0 Å². The first-order valence-corrected chi connectivity index (χ1v) is 7.41. The van der Waals surface area contributed by atoms with Gasteiger partial charge in [0.25, 0.3) is 0 Å². The highest BCUT2D eigenvalue weighted by Gasteiger charge is 2.11. The highest BCUT2D eigenvalue weighted by atomic mass is 35.5. The summed E-state index contributed by atoms with van der Waals surface area (Å²) in [6.07, 6.45) is 2.20. The lowest BCUT2D eigenvalue weighted by atomic mass is 10.1. The third-order valence-corrected chi connectivity index (χ3v) is 4.08. The molecule has 1 heterocycles. The minimum absolute atomic E-state index is 0.446. The van der Waals surface area contributed by atoms with Gasteiger partial charge in [-0.1, -0.05) is 41.9 Å². The average molecular weight is 292 g/mol. The fraction of sp³-hybridized carbons (Fsp3) is 0.438. The van der Waals surface area contributed by atoms with Gasteiger partial charge in [0, 0.05) is 19.6 Å². The fourth-order valence-electron chi connectivity index (χ4n) is 2.27. The van der Waals surface area contributed by atoms with Crippen molar-refractivity contribution in [3.05, 3.63) is 52.3 Å². The van der Waals surface area contributed by atoms with Gasteiger partial charge in [0.05, 0.1) is 16.4 Å². The molecule has 0 aliphatic rings. The molecule has 0 saturated carbocycles. The summed E-state index contributed by atoms with van der Waals surface area (Å²) in [6.45, 7) is 4.90. The van der Waals surface area contributed by atoms with Crippen LogP contribution in [0.25, 0.3) is 0 Å². The van der Waals surface area contributed by atoms with Crippen molar-refractivity contribution in [3.63, 3.8) is 0 Å². The summed E-state index contributed by atoms with van der Waals surface area (Å²) in [5.74, 6) is 0. The zero-order chi connectivity index (χ0) is 14.5. The van der Waals surface area contributed by atoms with Gasteiger partial charge in [-0.3, -0.25) is 4.68 Å². The Balaban J connectivity index is 1.82. The van der Waals surface area contributed by atoms with Crippen molar-refractivity contribution in [2.45, 2.75) is 39.3 Å². The molecule has 2 aromatic rings. The normalized spacial score (nSPS) is 12.6. The van der Waals surface area contributed by atoms with Crippen LogP contribution in [-0.4, -0.2) is 15.8 Å². The second kappa shape index (κ2) is 6.91. The summed E-state index contributed by atoms with van der Waals surface area (Å²) in [6, 6.07) is 11.0. The quantitative estimate of drug-likeness (QED) is 0.883. The monoisotopic (exact) mass is 291 g/mol.